The van der Waals surface area contributed by atoms with E-state index in [2.05, 4.69) is 10.1 Å². The van der Waals surface area contributed by atoms with E-state index in [1.54, 1.807) is 19.2 Å². The van der Waals surface area contributed by atoms with Crippen molar-refractivity contribution in [1.29, 1.82) is 0 Å². The molecule has 94 valence electrons. The van der Waals surface area contributed by atoms with Crippen molar-refractivity contribution < 1.29 is 14.3 Å². The summed E-state index contributed by atoms with van der Waals surface area (Å²) >= 11 is 0. The molecule has 0 amide bonds. The number of carbonyl (C=O) groups excluding carboxylic acids is 1. The number of para-hydroxylation sites is 1. The van der Waals surface area contributed by atoms with Crippen LogP contribution < -0.4 is 11.1 Å². The number of ether oxygens (including phenoxy) is 2. The van der Waals surface area contributed by atoms with Gasteiger partial charge in [-0.25, -0.2) is 4.79 Å². The van der Waals surface area contributed by atoms with Gasteiger partial charge >= 0.3 is 5.97 Å². The molecule has 0 fully saturated rings. The Kier molecular flexibility index (Phi) is 4.78. The number of rotatable bonds is 5. The number of nitrogens with one attached hydrogen (secondary N) is 1. The van der Waals surface area contributed by atoms with E-state index in [-0.39, 0.29) is 6.04 Å². The molecule has 0 aromatic heterocycles. The first-order valence-electron chi connectivity index (χ1n) is 5.32. The predicted molar refractivity (Wildman–Crippen MR) is 67.2 cm³/mol. The predicted octanol–water partition coefficient (Wildman–Crippen LogP) is 1.50. The second kappa shape index (κ2) is 6.10. The number of nitrogen functional groups attached to an aromatic ring is 1. The molecule has 0 aliphatic rings. The minimum atomic E-state index is -0.439. The first kappa shape index (κ1) is 13.3. The van der Waals surface area contributed by atoms with Crippen LogP contribution >= 0.6 is 0 Å². The number of nitrogens with two attached hydrogens (primary N) is 1. The third-order valence-electron chi connectivity index (χ3n) is 2.33. The molecule has 0 bridgehead atoms. The van der Waals surface area contributed by atoms with Crippen molar-refractivity contribution in [1.82, 2.24) is 0 Å². The van der Waals surface area contributed by atoms with E-state index in [1.165, 1.54) is 7.11 Å². The van der Waals surface area contributed by atoms with Gasteiger partial charge in [-0.2, -0.15) is 0 Å². The van der Waals surface area contributed by atoms with Crippen molar-refractivity contribution >= 4 is 17.3 Å². The molecule has 1 unspecified atom stereocenters. The highest BCUT2D eigenvalue weighted by atomic mass is 16.5. The lowest BCUT2D eigenvalue weighted by molar-refractivity contribution is 0.0602. The number of hydrogen-bond donors (Lipinski definition) is 2. The van der Waals surface area contributed by atoms with Crippen LogP contribution in [0.25, 0.3) is 0 Å². The van der Waals surface area contributed by atoms with Crippen LogP contribution in [0.1, 0.15) is 17.3 Å². The van der Waals surface area contributed by atoms with Gasteiger partial charge in [-0.1, -0.05) is 6.07 Å². The van der Waals surface area contributed by atoms with E-state index in [9.17, 15) is 4.79 Å². The van der Waals surface area contributed by atoms with Gasteiger partial charge in [-0.3, -0.25) is 0 Å². The minimum absolute atomic E-state index is 0.107. The Hall–Kier alpha value is -1.75. The molecule has 0 radical (unpaired) electrons. The van der Waals surface area contributed by atoms with E-state index in [1.807, 2.05) is 13.0 Å². The Bertz CT molecular complexity index is 393. The number of hydrogen-bond acceptors (Lipinski definition) is 5. The Balaban J connectivity index is 2.90. The monoisotopic (exact) mass is 238 g/mol. The molecule has 0 spiro atoms. The summed E-state index contributed by atoms with van der Waals surface area (Å²) in [6.45, 7) is 2.52. The molecule has 1 atom stereocenters. The van der Waals surface area contributed by atoms with Gasteiger partial charge in [0.1, 0.15) is 0 Å². The quantitative estimate of drug-likeness (QED) is 0.600. The van der Waals surface area contributed by atoms with Crippen molar-refractivity contribution in [2.24, 2.45) is 0 Å². The van der Waals surface area contributed by atoms with Gasteiger partial charge in [0.05, 0.1) is 30.7 Å². The van der Waals surface area contributed by atoms with Gasteiger partial charge in [0.2, 0.25) is 0 Å². The third kappa shape index (κ3) is 3.35. The Labute approximate surface area is 101 Å². The number of anilines is 2. The Morgan fingerprint density at radius 3 is 2.76 bits per heavy atom. The fourth-order valence-electron chi connectivity index (χ4n) is 1.54. The number of benzene rings is 1. The topological polar surface area (TPSA) is 73.6 Å². The zero-order valence-electron chi connectivity index (χ0n) is 10.3. The van der Waals surface area contributed by atoms with Gasteiger partial charge < -0.3 is 20.5 Å². The lowest BCUT2D eigenvalue weighted by atomic mass is 10.1. The summed E-state index contributed by atoms with van der Waals surface area (Å²) in [4.78, 5) is 11.4. The van der Waals surface area contributed by atoms with Crippen molar-refractivity contribution in [2.45, 2.75) is 13.0 Å². The largest absolute Gasteiger partial charge is 0.465 e. The SMILES string of the molecule is COCC(C)Nc1cccc(C(=O)OC)c1N. The molecule has 1 aromatic rings. The molecule has 0 heterocycles. The normalized spacial score (nSPS) is 11.9. The fourth-order valence-corrected chi connectivity index (χ4v) is 1.54. The van der Waals surface area contributed by atoms with E-state index in [0.29, 0.717) is 23.5 Å². The van der Waals surface area contributed by atoms with Crippen LogP contribution in [-0.2, 0) is 9.47 Å². The van der Waals surface area contributed by atoms with Gasteiger partial charge in [0.25, 0.3) is 0 Å². The van der Waals surface area contributed by atoms with E-state index in [4.69, 9.17) is 10.5 Å². The summed E-state index contributed by atoms with van der Waals surface area (Å²) in [7, 11) is 2.96. The van der Waals surface area contributed by atoms with Crippen molar-refractivity contribution in [3.8, 4) is 0 Å². The van der Waals surface area contributed by atoms with E-state index >= 15 is 0 Å². The van der Waals surface area contributed by atoms with Crippen LogP contribution in [0.3, 0.4) is 0 Å². The van der Waals surface area contributed by atoms with Crippen molar-refractivity contribution in [3.63, 3.8) is 0 Å². The molecule has 5 nitrogen and oxygen atoms in total. The van der Waals surface area contributed by atoms with Gasteiger partial charge in [0.15, 0.2) is 0 Å². The van der Waals surface area contributed by atoms with Crippen LogP contribution in [0.15, 0.2) is 18.2 Å². The van der Waals surface area contributed by atoms with Crippen LogP contribution in [0.4, 0.5) is 11.4 Å². The molecule has 0 aliphatic heterocycles. The minimum Gasteiger partial charge on any atom is -0.465 e. The molecule has 0 saturated carbocycles. The summed E-state index contributed by atoms with van der Waals surface area (Å²) in [5.41, 5.74) is 7.36. The molecular formula is C12H18N2O3. The second-order valence-electron chi connectivity index (χ2n) is 3.76. The molecule has 1 aromatic carbocycles. The smallest absolute Gasteiger partial charge is 0.340 e. The lowest BCUT2D eigenvalue weighted by Crippen LogP contribution is -2.22. The number of methoxy groups -OCH3 is 2. The number of esters is 1. The highest BCUT2D eigenvalue weighted by Crippen LogP contribution is 2.23. The molecule has 17 heavy (non-hydrogen) atoms. The summed E-state index contributed by atoms with van der Waals surface area (Å²) in [5, 5.41) is 3.17. The zero-order valence-corrected chi connectivity index (χ0v) is 10.3. The Morgan fingerprint density at radius 2 is 2.18 bits per heavy atom. The van der Waals surface area contributed by atoms with Crippen LogP contribution in [0.2, 0.25) is 0 Å². The zero-order chi connectivity index (χ0) is 12.8. The highest BCUT2D eigenvalue weighted by molar-refractivity contribution is 5.98. The fraction of sp³-hybridized carbons (Fsp3) is 0.417. The summed E-state index contributed by atoms with van der Waals surface area (Å²) in [6, 6.07) is 5.31. The highest BCUT2D eigenvalue weighted by Gasteiger charge is 2.13. The summed E-state index contributed by atoms with van der Waals surface area (Å²) in [5.74, 6) is -0.439. The van der Waals surface area contributed by atoms with Gasteiger partial charge in [-0.15, -0.1) is 0 Å². The molecule has 1 rings (SSSR count). The molecule has 0 aliphatic carbocycles. The number of carbonyl (C=O) groups is 1. The van der Waals surface area contributed by atoms with Crippen LogP contribution in [-0.4, -0.2) is 32.8 Å². The van der Waals surface area contributed by atoms with E-state index < -0.39 is 5.97 Å². The maximum atomic E-state index is 11.4. The molecule has 5 heteroatoms. The standard InChI is InChI=1S/C12H18N2O3/c1-8(7-16-2)14-10-6-4-5-9(11(10)13)12(15)17-3/h4-6,8,14H,7,13H2,1-3H3. The second-order valence-corrected chi connectivity index (χ2v) is 3.76. The first-order chi connectivity index (χ1) is 8.10. The van der Waals surface area contributed by atoms with Crippen LogP contribution in [0.5, 0.6) is 0 Å². The van der Waals surface area contributed by atoms with E-state index in [0.717, 1.165) is 0 Å². The van der Waals surface area contributed by atoms with Crippen molar-refractivity contribution in [2.75, 3.05) is 31.9 Å². The Morgan fingerprint density at radius 1 is 1.47 bits per heavy atom. The van der Waals surface area contributed by atoms with Crippen molar-refractivity contribution in [3.05, 3.63) is 23.8 Å². The van der Waals surface area contributed by atoms with Gasteiger partial charge in [-0.05, 0) is 19.1 Å². The third-order valence-corrected chi connectivity index (χ3v) is 2.33. The maximum absolute atomic E-state index is 11.4. The average molecular weight is 238 g/mol. The molecule has 3 N–H and O–H groups in total. The van der Waals surface area contributed by atoms with Gasteiger partial charge in [0, 0.05) is 13.2 Å². The first-order valence-corrected chi connectivity index (χ1v) is 5.32. The average Bonchev–Trinajstić information content (AvgIpc) is 2.31. The summed E-state index contributed by atoms with van der Waals surface area (Å²) < 4.78 is 9.67. The molecule has 0 saturated heterocycles. The molecular weight excluding hydrogens is 220 g/mol. The maximum Gasteiger partial charge on any atom is 0.340 e. The summed E-state index contributed by atoms with van der Waals surface area (Å²) in [6.07, 6.45) is 0. The lowest BCUT2D eigenvalue weighted by Gasteiger charge is -2.17. The van der Waals surface area contributed by atoms with Crippen LogP contribution in [0, 0.1) is 0 Å².